The second-order valence-corrected chi connectivity index (χ2v) is 24.8. The summed E-state index contributed by atoms with van der Waals surface area (Å²) in [6.45, 7) is 6.69. The minimum absolute atomic E-state index is 0.0263. The van der Waals surface area contributed by atoms with Gasteiger partial charge in [0.25, 0.3) is 11.8 Å². The summed E-state index contributed by atoms with van der Waals surface area (Å²) < 4.78 is 97.0. The normalized spacial score (nSPS) is 18.3. The molecule has 0 radical (unpaired) electrons. The molecule has 2 heterocycles. The van der Waals surface area contributed by atoms with Gasteiger partial charge in [0, 0.05) is 13.3 Å². The van der Waals surface area contributed by atoms with Crippen molar-refractivity contribution in [3.63, 3.8) is 0 Å². The van der Waals surface area contributed by atoms with Gasteiger partial charge in [-0.25, -0.2) is 0 Å². The number of ether oxygens (including phenoxy) is 2. The van der Waals surface area contributed by atoms with Gasteiger partial charge in [-0.15, -0.1) is 0 Å². The molecule has 2 aromatic rings. The number of alkyl halides is 6. The lowest BCUT2D eigenvalue weighted by Crippen LogP contribution is -2.38. The van der Waals surface area contributed by atoms with Crippen LogP contribution in [-0.4, -0.2) is 81.1 Å². The number of carbonyl (C=O) groups is 2. The summed E-state index contributed by atoms with van der Waals surface area (Å²) >= 11 is 27.4. The lowest BCUT2D eigenvalue weighted by molar-refractivity contribution is -0.153. The minimum atomic E-state index is -4.55. The third-order valence-electron chi connectivity index (χ3n) is 7.44. The quantitative estimate of drug-likeness (QED) is 0.157. The van der Waals surface area contributed by atoms with Gasteiger partial charge in [0.1, 0.15) is 35.2 Å². The Balaban J connectivity index is 0.000000332. The fraction of sp³-hybridized carbons (Fsp3) is 0.471. The molecule has 2 amide bonds. The molecule has 2 aliphatic rings. The van der Waals surface area contributed by atoms with E-state index in [1.807, 2.05) is 6.92 Å². The van der Waals surface area contributed by atoms with E-state index in [-0.39, 0.29) is 39.2 Å². The largest absolute Gasteiger partial charge is 0.509 e. The predicted octanol–water partition coefficient (Wildman–Crippen LogP) is 10.4. The molecule has 2 aliphatic heterocycles. The minimum Gasteiger partial charge on any atom is -0.509 e. The van der Waals surface area contributed by atoms with Crippen LogP contribution in [0.3, 0.4) is 0 Å². The SMILES string of the molecule is COc1cc(C)cc(Cl)c1C1=C(O)C(C)(C)NC1=O.COc1cc(C)cc(Cl)c1C1=C(OP(C)(=S)OCC(F)(F)F)C(C)(C)NC1=O.CP(=S)(Cl)OCC(F)(F)F. The Morgan fingerprint density at radius 2 is 1.12 bits per heavy atom. The zero-order valence-electron chi connectivity index (χ0n) is 32.1. The van der Waals surface area contributed by atoms with Crippen LogP contribution in [0.5, 0.6) is 11.5 Å². The van der Waals surface area contributed by atoms with Crippen molar-refractivity contribution in [1.29, 1.82) is 0 Å². The number of aliphatic hydroxyl groups is 1. The highest BCUT2D eigenvalue weighted by atomic mass is 35.7. The van der Waals surface area contributed by atoms with E-state index in [0.717, 1.165) is 11.1 Å². The third-order valence-corrected chi connectivity index (χ3v) is 10.9. The van der Waals surface area contributed by atoms with Crippen molar-refractivity contribution in [2.75, 3.05) is 40.8 Å². The number of methoxy groups -OCH3 is 2. The van der Waals surface area contributed by atoms with Crippen LogP contribution in [0.25, 0.3) is 11.1 Å². The van der Waals surface area contributed by atoms with Gasteiger partial charge >= 0.3 is 12.4 Å². The maximum atomic E-state index is 12.7. The highest BCUT2D eigenvalue weighted by Gasteiger charge is 2.45. The molecule has 0 saturated heterocycles. The molecule has 2 unspecified atom stereocenters. The summed E-state index contributed by atoms with van der Waals surface area (Å²) in [5.41, 5.74) is -1.86. The van der Waals surface area contributed by atoms with Crippen molar-refractivity contribution in [3.8, 4) is 11.5 Å². The number of aryl methyl sites for hydroxylation is 2. The van der Waals surface area contributed by atoms with Crippen LogP contribution >= 0.6 is 46.6 Å². The first-order valence-electron chi connectivity index (χ1n) is 16.1. The molecular formula is C34H41Cl3F6N2O8P2S2. The molecule has 2 atom stereocenters. The first-order chi connectivity index (χ1) is 25.6. The average Bonchev–Trinajstić information content (AvgIpc) is 3.37. The molecule has 57 heavy (non-hydrogen) atoms. The average molecular weight is 952 g/mol. The highest BCUT2D eigenvalue weighted by molar-refractivity contribution is 8.24. The number of hydrogen-bond donors (Lipinski definition) is 3. The number of carbonyl (C=O) groups excluding carboxylic acids is 2. The number of halogens is 9. The smallest absolute Gasteiger partial charge is 0.412 e. The van der Waals surface area contributed by atoms with Crippen molar-refractivity contribution in [3.05, 3.63) is 68.1 Å². The standard InChI is InChI=1S/C17H20ClF3NO4PS.C14H16ClNO3.C3H5ClF3OPS/c1-9-6-10(18)12(11(7-9)24-4)13-14(16(2,3)22-15(13)23)26-27(5,28)25-8-17(19,20)21;1-7-5-8(15)10(9(6-7)19-4)11-12(17)14(2,3)16-13(11)18;1-9(4,10)8-2-3(5,6)7/h6-7H,8H2,1-5H3,(H,22,23);5-6,17H,1-4H3,(H,16,18);2H2,1H3. The van der Waals surface area contributed by atoms with Crippen LogP contribution in [0.2, 0.25) is 10.0 Å². The van der Waals surface area contributed by atoms with Gasteiger partial charge in [-0.3, -0.25) is 9.59 Å². The molecule has 2 aromatic carbocycles. The van der Waals surface area contributed by atoms with Crippen LogP contribution in [0, 0.1) is 13.8 Å². The molecule has 0 aromatic heterocycles. The lowest BCUT2D eigenvalue weighted by Gasteiger charge is -2.28. The Hall–Kier alpha value is -2.27. The molecule has 3 N–H and O–H groups in total. The van der Waals surface area contributed by atoms with Gasteiger partial charge in [-0.05, 0) is 88.7 Å². The third kappa shape index (κ3) is 14.8. The Labute approximate surface area is 351 Å². The van der Waals surface area contributed by atoms with E-state index in [1.165, 1.54) is 27.5 Å². The van der Waals surface area contributed by atoms with E-state index in [9.17, 15) is 41.0 Å². The fourth-order valence-corrected chi connectivity index (χ4v) is 7.93. The van der Waals surface area contributed by atoms with Gasteiger partial charge < -0.3 is 38.8 Å². The van der Waals surface area contributed by atoms with Crippen LogP contribution in [0.15, 0.2) is 35.8 Å². The van der Waals surface area contributed by atoms with E-state index in [1.54, 1.807) is 58.9 Å². The molecule has 0 bridgehead atoms. The van der Waals surface area contributed by atoms with E-state index in [0.29, 0.717) is 22.1 Å². The second kappa shape index (κ2) is 19.0. The zero-order chi connectivity index (χ0) is 44.3. The van der Waals surface area contributed by atoms with Crippen molar-refractivity contribution in [1.82, 2.24) is 10.6 Å². The molecular weight excluding hydrogens is 911 g/mol. The van der Waals surface area contributed by atoms with Gasteiger partial charge in [0.15, 0.2) is 6.61 Å². The Morgan fingerprint density at radius 3 is 1.47 bits per heavy atom. The maximum Gasteiger partial charge on any atom is 0.412 e. The zero-order valence-corrected chi connectivity index (χ0v) is 37.8. The first-order valence-corrected chi connectivity index (χ1v) is 24.1. The number of hydrogen-bond acceptors (Lipinski definition) is 10. The van der Waals surface area contributed by atoms with E-state index >= 15 is 0 Å². The maximum absolute atomic E-state index is 12.7. The molecule has 4 rings (SSSR count). The van der Waals surface area contributed by atoms with Crippen LogP contribution < -0.4 is 20.1 Å². The Morgan fingerprint density at radius 1 is 0.737 bits per heavy atom. The van der Waals surface area contributed by atoms with E-state index < -0.39 is 54.7 Å². The second-order valence-electron chi connectivity index (χ2n) is 13.6. The summed E-state index contributed by atoms with van der Waals surface area (Å²) in [4.78, 5) is 24.8. The fourth-order valence-electron chi connectivity index (χ4n) is 5.06. The molecule has 10 nitrogen and oxygen atoms in total. The molecule has 23 heteroatoms. The highest BCUT2D eigenvalue weighted by Crippen LogP contribution is 2.53. The molecule has 0 spiro atoms. The van der Waals surface area contributed by atoms with Crippen LogP contribution in [0.4, 0.5) is 26.3 Å². The molecule has 0 saturated carbocycles. The first kappa shape index (κ1) is 50.9. The van der Waals surface area contributed by atoms with Crippen LogP contribution in [0.1, 0.15) is 49.9 Å². The number of benzene rings is 2. The van der Waals surface area contributed by atoms with Crippen molar-refractivity contribution < 1.29 is 64.1 Å². The number of nitrogens with one attached hydrogen (secondary N) is 2. The predicted molar refractivity (Wildman–Crippen MR) is 218 cm³/mol. The van der Waals surface area contributed by atoms with Crippen molar-refractivity contribution in [2.24, 2.45) is 0 Å². The van der Waals surface area contributed by atoms with Crippen molar-refractivity contribution >= 4 is 93.1 Å². The Bertz CT molecular complexity index is 2040. The molecule has 320 valence electrons. The van der Waals surface area contributed by atoms with E-state index in [2.05, 4.69) is 27.0 Å². The molecule has 0 aliphatic carbocycles. The topological polar surface area (TPSA) is 125 Å². The molecule has 0 fully saturated rings. The van der Waals surface area contributed by atoms with Gasteiger partial charge in [0.2, 0.25) is 6.49 Å². The van der Waals surface area contributed by atoms with Gasteiger partial charge in [0.05, 0.1) is 57.6 Å². The Kier molecular flexibility index (Phi) is 16.9. The van der Waals surface area contributed by atoms with E-state index in [4.69, 9.17) is 64.8 Å². The number of aliphatic hydroxyl groups excluding tert-OH is 1. The van der Waals surface area contributed by atoms with Crippen molar-refractivity contribution in [2.45, 2.75) is 65.0 Å². The summed E-state index contributed by atoms with van der Waals surface area (Å²) in [7, 11) is 2.93. The monoisotopic (exact) mass is 950 g/mol. The summed E-state index contributed by atoms with van der Waals surface area (Å²) in [5, 5.41) is 16.3. The summed E-state index contributed by atoms with van der Waals surface area (Å²) in [6, 6.07) is 6.84. The summed E-state index contributed by atoms with van der Waals surface area (Å²) in [6.07, 6.45) is -8.89. The number of amides is 2. The summed E-state index contributed by atoms with van der Waals surface area (Å²) in [5.74, 6) is -0.0218. The lowest BCUT2D eigenvalue weighted by atomic mass is 9.98. The van der Waals surface area contributed by atoms with Gasteiger partial charge in [-0.2, -0.15) is 26.3 Å². The van der Waals surface area contributed by atoms with Crippen LogP contribution in [-0.2, 0) is 46.8 Å². The van der Waals surface area contributed by atoms with Gasteiger partial charge in [-0.1, -0.05) is 46.2 Å². The number of rotatable bonds is 10.